The minimum atomic E-state index is -2.54. The molecule has 1 saturated carbocycles. The van der Waals surface area contributed by atoms with Crippen LogP contribution in [0.15, 0.2) is 76.9 Å². The van der Waals surface area contributed by atoms with Crippen LogP contribution in [0.2, 0.25) is 0 Å². The molecule has 6 heteroatoms. The Morgan fingerprint density at radius 2 is 1.76 bits per heavy atom. The van der Waals surface area contributed by atoms with E-state index in [1.807, 2.05) is 69.3 Å². The van der Waals surface area contributed by atoms with Crippen LogP contribution in [0.3, 0.4) is 0 Å². The molecule has 0 bridgehead atoms. The molecule has 5 nitrogen and oxygen atoms in total. The van der Waals surface area contributed by atoms with E-state index in [-0.39, 0.29) is 48.8 Å². The Morgan fingerprint density at radius 1 is 1.02 bits per heavy atom. The van der Waals surface area contributed by atoms with E-state index in [4.69, 9.17) is 11.3 Å². The molecule has 0 spiro atoms. The standard InChI is InChI=1S/C33H31N2O.C11H19NO.Ir/c1-19(2)15-21-11-13-26-23(16-21)12-14-27-29-30(34-20(3)35-32(29)36-31(26)27)24-17-22-9-7-8-10-25(22)28(18-24)33(4,5)6;1-9(8-10(2)13)12-11-6-4-3-5-7-11;/h7-14,16,18-19H,15H2,1-6H3;8,11H,3-7H2,1-2H3,(H,12,13);/q-1;;/p-1/i3D3,15D2;;. The molecule has 2 aromatic heterocycles. The first-order valence-electron chi connectivity index (χ1n) is 19.9. The molecule has 1 fully saturated rings. The Morgan fingerprint density at radius 3 is 2.46 bits per heavy atom. The average molecular weight is 849 g/mol. The van der Waals surface area contributed by atoms with Crippen molar-refractivity contribution in [3.05, 3.63) is 101 Å². The number of allylic oxidation sites excluding steroid dienone is 2. The molecule has 0 unspecified atom stereocenters. The maximum Gasteiger partial charge on any atom is 0.223 e. The summed E-state index contributed by atoms with van der Waals surface area (Å²) >= 11 is 0. The van der Waals surface area contributed by atoms with E-state index in [1.54, 1.807) is 19.1 Å². The van der Waals surface area contributed by atoms with Gasteiger partial charge in [0, 0.05) is 48.8 Å². The van der Waals surface area contributed by atoms with Crippen molar-refractivity contribution in [3.8, 4) is 11.3 Å². The second kappa shape index (κ2) is 15.6. The molecule has 0 N–H and O–H groups in total. The minimum Gasteiger partial charge on any atom is -0.685 e. The number of furan rings is 1. The van der Waals surface area contributed by atoms with E-state index < -0.39 is 13.2 Å². The molecule has 50 heavy (non-hydrogen) atoms. The largest absolute Gasteiger partial charge is 0.685 e. The quantitative estimate of drug-likeness (QED) is 0.124. The topological polar surface area (TPSA) is 70.1 Å². The Bertz CT molecular complexity index is 2390. The number of hydrogen-bond donors (Lipinski definition) is 0. The predicted molar refractivity (Wildman–Crippen MR) is 205 cm³/mol. The van der Waals surface area contributed by atoms with Gasteiger partial charge in [-0.1, -0.05) is 133 Å². The van der Waals surface area contributed by atoms with E-state index in [0.29, 0.717) is 33.8 Å². The Kier molecular flexibility index (Phi) is 9.63. The molecular weight excluding hydrogens is 795 g/mol. The van der Waals surface area contributed by atoms with Crippen LogP contribution in [-0.2, 0) is 36.7 Å². The molecule has 4 aromatic carbocycles. The zero-order valence-corrected chi connectivity index (χ0v) is 32.4. The number of benzene rings is 4. The summed E-state index contributed by atoms with van der Waals surface area (Å²) in [7, 11) is 0. The van der Waals surface area contributed by atoms with Gasteiger partial charge < -0.3 is 9.73 Å². The Hall–Kier alpha value is -3.86. The van der Waals surface area contributed by atoms with Crippen LogP contribution in [-0.4, -0.2) is 21.8 Å². The smallest absolute Gasteiger partial charge is 0.223 e. The van der Waals surface area contributed by atoms with E-state index in [0.717, 1.165) is 38.2 Å². The fraction of sp³-hybridized carbons (Fsp3) is 0.386. The molecule has 1 aliphatic carbocycles. The van der Waals surface area contributed by atoms with Crippen molar-refractivity contribution in [1.29, 1.82) is 0 Å². The zero-order valence-electron chi connectivity index (χ0n) is 35.0. The van der Waals surface area contributed by atoms with E-state index >= 15 is 0 Å². The third kappa shape index (κ3) is 8.36. The predicted octanol–water partition coefficient (Wildman–Crippen LogP) is 12.1. The number of hydrogen-bond acceptors (Lipinski definition) is 4. The Balaban J connectivity index is 0.000000354. The SMILES string of the molecule is CC(=O)/C=C(/C)[N-]C1CCCCC1.[2H]C([2H])([2H])c1nc(-c2[c-]c3ccccc3c(C(C)(C)C)c2)c2c(n1)oc1c3ccc(C([2H])([2H])C(C)C)cc3ccc12.[Ir]. The van der Waals surface area contributed by atoms with Crippen molar-refractivity contribution in [3.63, 3.8) is 0 Å². The van der Waals surface area contributed by atoms with Crippen LogP contribution in [0.1, 0.15) is 104 Å². The van der Waals surface area contributed by atoms with Crippen LogP contribution in [0.4, 0.5) is 0 Å². The zero-order chi connectivity index (χ0) is 39.2. The number of carbonyl (C=O) groups is 1. The van der Waals surface area contributed by atoms with Gasteiger partial charge in [-0.15, -0.1) is 35.2 Å². The first-order valence-corrected chi connectivity index (χ1v) is 17.4. The van der Waals surface area contributed by atoms with E-state index in [9.17, 15) is 4.79 Å². The summed E-state index contributed by atoms with van der Waals surface area (Å²) in [5.41, 5.74) is 4.30. The summed E-state index contributed by atoms with van der Waals surface area (Å²) in [6.07, 6.45) is 6.46. The van der Waals surface area contributed by atoms with Crippen molar-refractivity contribution in [1.82, 2.24) is 9.97 Å². The van der Waals surface area contributed by atoms with Gasteiger partial charge in [-0.3, -0.25) is 9.78 Å². The van der Waals surface area contributed by atoms with Crippen LogP contribution in [0.25, 0.3) is 60.2 Å². The number of nitrogens with zero attached hydrogens (tertiary/aromatic N) is 3. The summed E-state index contributed by atoms with van der Waals surface area (Å²) in [5, 5.41) is 9.54. The molecule has 7 rings (SSSR count). The third-order valence-corrected chi connectivity index (χ3v) is 8.98. The van der Waals surface area contributed by atoms with Gasteiger partial charge in [0.1, 0.15) is 11.4 Å². The van der Waals surface area contributed by atoms with Crippen LogP contribution in [0, 0.1) is 18.8 Å². The van der Waals surface area contributed by atoms with Gasteiger partial charge in [-0.25, -0.2) is 0 Å². The summed E-state index contributed by atoms with van der Waals surface area (Å²) in [5.74, 6) is -0.381. The molecule has 0 atom stereocenters. The molecule has 2 heterocycles. The molecule has 0 amide bonds. The van der Waals surface area contributed by atoms with Gasteiger partial charge in [0.15, 0.2) is 5.78 Å². The Labute approximate surface area is 317 Å². The van der Waals surface area contributed by atoms with Crippen molar-refractivity contribution in [2.45, 2.75) is 105 Å². The third-order valence-electron chi connectivity index (χ3n) is 8.98. The molecule has 0 saturated heterocycles. The number of ketones is 1. The average Bonchev–Trinajstić information content (AvgIpc) is 3.49. The second-order valence-corrected chi connectivity index (χ2v) is 14.6. The summed E-state index contributed by atoms with van der Waals surface area (Å²) in [6, 6.07) is 23.5. The number of carbonyl (C=O) groups excluding carboxylic acids is 1. The molecule has 1 aliphatic rings. The summed E-state index contributed by atoms with van der Waals surface area (Å²) < 4.78 is 47.6. The number of aryl methyl sites for hydroxylation is 1. The van der Waals surface area contributed by atoms with Gasteiger partial charge in [-0.2, -0.15) is 10.7 Å². The molecular formula is C44H49IrN3O2-2. The van der Waals surface area contributed by atoms with Gasteiger partial charge in [0.25, 0.3) is 0 Å². The van der Waals surface area contributed by atoms with Gasteiger partial charge in [0.05, 0.1) is 0 Å². The first-order chi connectivity index (χ1) is 25.3. The first kappa shape index (κ1) is 30.9. The fourth-order valence-corrected chi connectivity index (χ4v) is 6.89. The van der Waals surface area contributed by atoms with Crippen LogP contribution < -0.4 is 0 Å². The molecule has 1 radical (unpaired) electrons. The van der Waals surface area contributed by atoms with Crippen LogP contribution in [0.5, 0.6) is 0 Å². The number of rotatable bonds is 6. The van der Waals surface area contributed by atoms with Crippen molar-refractivity contribution >= 4 is 49.4 Å². The minimum absolute atomic E-state index is 0. The maximum absolute atomic E-state index is 10.8. The molecule has 6 aromatic rings. The molecule has 0 aliphatic heterocycles. The number of aromatic nitrogens is 2. The van der Waals surface area contributed by atoms with Gasteiger partial charge in [0.2, 0.25) is 5.71 Å². The summed E-state index contributed by atoms with van der Waals surface area (Å²) in [4.78, 5) is 19.8. The monoisotopic (exact) mass is 849 g/mol. The second-order valence-electron chi connectivity index (χ2n) is 14.6. The van der Waals surface area contributed by atoms with E-state index in [2.05, 4.69) is 48.2 Å². The fourth-order valence-electron chi connectivity index (χ4n) is 6.89. The normalized spacial score (nSPS) is 16.2. The van der Waals surface area contributed by atoms with Crippen LogP contribution >= 0.6 is 0 Å². The van der Waals surface area contributed by atoms with Crippen molar-refractivity contribution in [2.75, 3.05) is 0 Å². The molecule has 263 valence electrons. The number of fused-ring (bicyclic) bond motifs is 6. The maximum atomic E-state index is 10.8. The summed E-state index contributed by atoms with van der Waals surface area (Å²) in [6.45, 7) is 11.1. The van der Waals surface area contributed by atoms with Gasteiger partial charge >= 0.3 is 0 Å². The van der Waals surface area contributed by atoms with Gasteiger partial charge in [-0.05, 0) is 48.5 Å². The van der Waals surface area contributed by atoms with E-state index in [1.165, 1.54) is 32.1 Å². The van der Waals surface area contributed by atoms with Crippen molar-refractivity contribution < 1.29 is 36.2 Å². The van der Waals surface area contributed by atoms with Crippen molar-refractivity contribution in [2.24, 2.45) is 5.92 Å².